The number of anilines is 3. The zero-order valence-electron chi connectivity index (χ0n) is 10.9. The first-order valence-electron chi connectivity index (χ1n) is 5.72. The van der Waals surface area contributed by atoms with Crippen molar-refractivity contribution in [2.24, 2.45) is 0 Å². The van der Waals surface area contributed by atoms with E-state index in [1.54, 1.807) is 0 Å². The number of thiazole rings is 2. The third kappa shape index (κ3) is 3.42. The lowest BCUT2D eigenvalue weighted by atomic mass is 10.4. The standard InChI is InChI=1S/C11H15N5OS2/c1-5(2)13-11-15-8(12)7(19-11)9(17)16-10-14-6(3)4-18-10/h4-5H,12H2,1-3H3,(H,13,15)(H,14,16,17). The first kappa shape index (κ1) is 13.8. The van der Waals surface area contributed by atoms with E-state index in [1.807, 2.05) is 26.2 Å². The number of aryl methyl sites for hydroxylation is 1. The minimum atomic E-state index is -0.277. The number of carbonyl (C=O) groups excluding carboxylic acids is 1. The molecule has 8 heteroatoms. The van der Waals surface area contributed by atoms with Gasteiger partial charge in [0.15, 0.2) is 10.3 Å². The van der Waals surface area contributed by atoms with Crippen molar-refractivity contribution in [2.45, 2.75) is 26.8 Å². The molecule has 0 aliphatic heterocycles. The topological polar surface area (TPSA) is 92.9 Å². The molecule has 2 heterocycles. The number of nitrogens with two attached hydrogens (primary N) is 1. The van der Waals surface area contributed by atoms with Crippen LogP contribution >= 0.6 is 22.7 Å². The van der Waals surface area contributed by atoms with Crippen LogP contribution in [-0.4, -0.2) is 21.9 Å². The van der Waals surface area contributed by atoms with Crippen molar-refractivity contribution in [3.8, 4) is 0 Å². The molecule has 0 unspecified atom stereocenters. The second kappa shape index (κ2) is 5.54. The summed E-state index contributed by atoms with van der Waals surface area (Å²) in [5.74, 6) is -0.0416. The fourth-order valence-corrected chi connectivity index (χ4v) is 2.98. The summed E-state index contributed by atoms with van der Waals surface area (Å²) in [5, 5.41) is 8.92. The molecule has 4 N–H and O–H groups in total. The van der Waals surface area contributed by atoms with E-state index in [-0.39, 0.29) is 17.8 Å². The molecule has 0 bridgehead atoms. The highest BCUT2D eigenvalue weighted by molar-refractivity contribution is 7.18. The molecule has 1 amide bonds. The van der Waals surface area contributed by atoms with Gasteiger partial charge in [-0.1, -0.05) is 11.3 Å². The summed E-state index contributed by atoms with van der Waals surface area (Å²) in [5.41, 5.74) is 6.63. The van der Waals surface area contributed by atoms with E-state index in [2.05, 4.69) is 20.6 Å². The summed E-state index contributed by atoms with van der Waals surface area (Å²) in [4.78, 5) is 20.8. The van der Waals surface area contributed by atoms with Gasteiger partial charge in [0.2, 0.25) is 0 Å². The van der Waals surface area contributed by atoms with Crippen LogP contribution in [-0.2, 0) is 0 Å². The molecule has 2 aromatic heterocycles. The summed E-state index contributed by atoms with van der Waals surface area (Å²) in [6.45, 7) is 5.86. The molecule has 2 aromatic rings. The van der Waals surface area contributed by atoms with E-state index in [4.69, 9.17) is 5.73 Å². The second-order valence-electron chi connectivity index (χ2n) is 4.28. The molecule has 0 aliphatic rings. The van der Waals surface area contributed by atoms with Gasteiger partial charge in [0.05, 0.1) is 5.69 Å². The Bertz CT molecular complexity index is 590. The first-order valence-corrected chi connectivity index (χ1v) is 7.41. The van der Waals surface area contributed by atoms with Gasteiger partial charge in [-0.2, -0.15) is 0 Å². The number of rotatable bonds is 4. The Hall–Kier alpha value is -1.67. The van der Waals surface area contributed by atoms with Crippen molar-refractivity contribution in [3.63, 3.8) is 0 Å². The predicted molar refractivity (Wildman–Crippen MR) is 80.1 cm³/mol. The van der Waals surface area contributed by atoms with Crippen molar-refractivity contribution in [1.82, 2.24) is 9.97 Å². The number of carbonyl (C=O) groups is 1. The van der Waals surface area contributed by atoms with E-state index < -0.39 is 0 Å². The molecule has 19 heavy (non-hydrogen) atoms. The predicted octanol–water partition coefficient (Wildman–Crippen LogP) is 2.56. The minimum absolute atomic E-state index is 0.235. The Morgan fingerprint density at radius 2 is 2.11 bits per heavy atom. The lowest BCUT2D eigenvalue weighted by Crippen LogP contribution is -2.11. The van der Waals surface area contributed by atoms with Gasteiger partial charge in [-0.05, 0) is 20.8 Å². The van der Waals surface area contributed by atoms with Crippen molar-refractivity contribution in [3.05, 3.63) is 16.0 Å². The molecule has 2 rings (SSSR count). The Labute approximate surface area is 119 Å². The van der Waals surface area contributed by atoms with E-state index in [9.17, 15) is 4.79 Å². The number of amides is 1. The number of nitrogens with zero attached hydrogens (tertiary/aromatic N) is 2. The van der Waals surface area contributed by atoms with Crippen LogP contribution in [0.2, 0.25) is 0 Å². The SMILES string of the molecule is Cc1csc(NC(=O)c2sc(NC(C)C)nc2N)n1. The fourth-order valence-electron chi connectivity index (χ4n) is 1.37. The number of nitrogens with one attached hydrogen (secondary N) is 2. The molecule has 0 saturated carbocycles. The lowest BCUT2D eigenvalue weighted by Gasteiger charge is -2.03. The van der Waals surface area contributed by atoms with Crippen molar-refractivity contribution in [1.29, 1.82) is 0 Å². The van der Waals surface area contributed by atoms with E-state index in [0.717, 1.165) is 5.69 Å². The molecular formula is C11H15N5OS2. The average Bonchev–Trinajstić information content (AvgIpc) is 2.84. The maximum absolute atomic E-state index is 12.1. The highest BCUT2D eigenvalue weighted by Gasteiger charge is 2.17. The number of nitrogen functional groups attached to an aromatic ring is 1. The first-order chi connectivity index (χ1) is 8.95. The van der Waals surface area contributed by atoms with Gasteiger partial charge in [0.25, 0.3) is 5.91 Å². The van der Waals surface area contributed by atoms with Gasteiger partial charge in [-0.15, -0.1) is 11.3 Å². The maximum Gasteiger partial charge on any atom is 0.271 e. The third-order valence-electron chi connectivity index (χ3n) is 2.11. The van der Waals surface area contributed by atoms with Crippen molar-refractivity contribution < 1.29 is 4.79 Å². The number of hydrogen-bond donors (Lipinski definition) is 3. The maximum atomic E-state index is 12.1. The molecule has 102 valence electrons. The van der Waals surface area contributed by atoms with E-state index in [1.165, 1.54) is 22.7 Å². The molecule has 0 aliphatic carbocycles. The molecular weight excluding hydrogens is 282 g/mol. The highest BCUT2D eigenvalue weighted by Crippen LogP contribution is 2.26. The van der Waals surface area contributed by atoms with Crippen LogP contribution < -0.4 is 16.4 Å². The zero-order valence-corrected chi connectivity index (χ0v) is 12.5. The molecule has 0 atom stereocenters. The zero-order chi connectivity index (χ0) is 14.0. The molecule has 0 saturated heterocycles. The summed E-state index contributed by atoms with van der Waals surface area (Å²) >= 11 is 2.62. The summed E-state index contributed by atoms with van der Waals surface area (Å²) < 4.78 is 0. The Balaban J connectivity index is 2.12. The Kier molecular flexibility index (Phi) is 4.01. The average molecular weight is 297 g/mol. The van der Waals surface area contributed by atoms with Crippen LogP contribution in [0.25, 0.3) is 0 Å². The summed E-state index contributed by atoms with van der Waals surface area (Å²) in [6, 6.07) is 0.239. The third-order valence-corrected chi connectivity index (χ3v) is 3.99. The van der Waals surface area contributed by atoms with E-state index in [0.29, 0.717) is 15.1 Å². The quantitative estimate of drug-likeness (QED) is 0.806. The van der Waals surface area contributed by atoms with Crippen LogP contribution in [0, 0.1) is 6.92 Å². The van der Waals surface area contributed by atoms with Crippen molar-refractivity contribution in [2.75, 3.05) is 16.4 Å². The Morgan fingerprint density at radius 1 is 1.37 bits per heavy atom. The monoisotopic (exact) mass is 297 g/mol. The van der Waals surface area contributed by atoms with Gasteiger partial charge in [-0.3, -0.25) is 10.1 Å². The summed E-state index contributed by atoms with van der Waals surface area (Å²) in [6.07, 6.45) is 0. The van der Waals surface area contributed by atoms with Crippen LogP contribution in [0.4, 0.5) is 16.1 Å². The minimum Gasteiger partial charge on any atom is -0.382 e. The second-order valence-corrected chi connectivity index (χ2v) is 6.14. The molecule has 0 radical (unpaired) electrons. The fraction of sp³-hybridized carbons (Fsp3) is 0.364. The van der Waals surface area contributed by atoms with Gasteiger partial charge in [0, 0.05) is 11.4 Å². The van der Waals surface area contributed by atoms with Gasteiger partial charge in [0.1, 0.15) is 10.7 Å². The summed E-state index contributed by atoms with van der Waals surface area (Å²) in [7, 11) is 0. The largest absolute Gasteiger partial charge is 0.382 e. The van der Waals surface area contributed by atoms with E-state index >= 15 is 0 Å². The number of aromatic nitrogens is 2. The molecule has 0 aromatic carbocycles. The van der Waals surface area contributed by atoms with Gasteiger partial charge in [-0.25, -0.2) is 9.97 Å². The smallest absolute Gasteiger partial charge is 0.271 e. The van der Waals surface area contributed by atoms with Crippen LogP contribution in [0.15, 0.2) is 5.38 Å². The Morgan fingerprint density at radius 3 is 2.68 bits per heavy atom. The molecule has 0 fully saturated rings. The van der Waals surface area contributed by atoms with Crippen LogP contribution in [0.1, 0.15) is 29.2 Å². The lowest BCUT2D eigenvalue weighted by molar-refractivity contribution is 0.103. The van der Waals surface area contributed by atoms with Crippen molar-refractivity contribution >= 4 is 44.7 Å². The highest BCUT2D eigenvalue weighted by atomic mass is 32.1. The molecule has 0 spiro atoms. The van der Waals surface area contributed by atoms with Crippen LogP contribution in [0.3, 0.4) is 0 Å². The van der Waals surface area contributed by atoms with Gasteiger partial charge >= 0.3 is 0 Å². The normalized spacial score (nSPS) is 10.7. The number of hydrogen-bond acceptors (Lipinski definition) is 7. The van der Waals surface area contributed by atoms with Gasteiger partial charge < -0.3 is 11.1 Å². The van der Waals surface area contributed by atoms with Crippen LogP contribution in [0.5, 0.6) is 0 Å². The molecule has 6 nitrogen and oxygen atoms in total.